The lowest BCUT2D eigenvalue weighted by molar-refractivity contribution is -0.141. The molecule has 0 radical (unpaired) electrons. The Labute approximate surface area is 193 Å². The van der Waals surface area contributed by atoms with Crippen molar-refractivity contribution in [1.29, 1.82) is 0 Å². The molecule has 1 aliphatic heterocycles. The quantitative estimate of drug-likeness (QED) is 0.526. The Hall–Kier alpha value is -3.67. The molecule has 3 aromatic rings. The summed E-state index contributed by atoms with van der Waals surface area (Å²) in [5, 5.41) is 2.85. The number of anilines is 1. The third kappa shape index (κ3) is 4.90. The molecule has 2 amide bonds. The third-order valence-electron chi connectivity index (χ3n) is 5.91. The highest BCUT2D eigenvalue weighted by molar-refractivity contribution is 6.04. The number of rotatable bonds is 6. The number of ether oxygens (including phenoxy) is 1. The van der Waals surface area contributed by atoms with Crippen molar-refractivity contribution in [2.24, 2.45) is 0 Å². The highest BCUT2D eigenvalue weighted by Crippen LogP contribution is 2.34. The topological polar surface area (TPSA) is 58.6 Å². The van der Waals surface area contributed by atoms with E-state index < -0.39 is 11.9 Å². The van der Waals surface area contributed by atoms with Crippen molar-refractivity contribution in [3.05, 3.63) is 95.3 Å². The van der Waals surface area contributed by atoms with Gasteiger partial charge in [0.25, 0.3) is 11.8 Å². The van der Waals surface area contributed by atoms with Gasteiger partial charge in [0.05, 0.1) is 12.6 Å². The average molecular weight is 447 g/mol. The second kappa shape index (κ2) is 9.86. The van der Waals surface area contributed by atoms with Crippen LogP contribution in [0.3, 0.4) is 0 Å². The van der Waals surface area contributed by atoms with Crippen molar-refractivity contribution in [3.8, 4) is 5.75 Å². The Kier molecular flexibility index (Phi) is 6.73. The van der Waals surface area contributed by atoms with Crippen LogP contribution in [0.5, 0.6) is 5.75 Å². The second-order valence-corrected chi connectivity index (χ2v) is 8.10. The van der Waals surface area contributed by atoms with Crippen molar-refractivity contribution in [2.75, 3.05) is 5.32 Å². The van der Waals surface area contributed by atoms with Gasteiger partial charge in [-0.25, -0.2) is 4.39 Å². The Morgan fingerprint density at radius 1 is 1.09 bits per heavy atom. The number of amides is 2. The zero-order valence-corrected chi connectivity index (χ0v) is 18.8. The number of carbonyl (C=O) groups excluding carboxylic acids is 2. The standard InChI is InChI=1S/C27H27FN2O3/c1-3-23(18-8-6-5-7-9-18)30-17-20-16-22(14-15-25(20)33-24(4-2)27(30)32)29-26(31)19-10-12-21(28)13-11-19/h5-16,23-24H,3-4,17H2,1-2H3,(H,29,31)/t23-,24-/m1/s1. The van der Waals surface area contributed by atoms with Crippen molar-refractivity contribution < 1.29 is 18.7 Å². The van der Waals surface area contributed by atoms with Gasteiger partial charge < -0.3 is 15.0 Å². The molecule has 6 heteroatoms. The van der Waals surface area contributed by atoms with Crippen LogP contribution in [0.1, 0.15) is 54.2 Å². The van der Waals surface area contributed by atoms with E-state index in [2.05, 4.69) is 12.2 Å². The van der Waals surface area contributed by atoms with Crippen molar-refractivity contribution in [3.63, 3.8) is 0 Å². The number of benzene rings is 3. The molecule has 4 rings (SSSR count). The maximum absolute atomic E-state index is 13.4. The number of nitrogens with zero attached hydrogens (tertiary/aromatic N) is 1. The van der Waals surface area contributed by atoms with Gasteiger partial charge in [-0.1, -0.05) is 44.2 Å². The van der Waals surface area contributed by atoms with Crippen LogP contribution in [-0.4, -0.2) is 22.8 Å². The summed E-state index contributed by atoms with van der Waals surface area (Å²) in [7, 11) is 0. The molecule has 170 valence electrons. The van der Waals surface area contributed by atoms with E-state index >= 15 is 0 Å². The number of nitrogens with one attached hydrogen (secondary N) is 1. The molecule has 1 heterocycles. The number of hydrogen-bond donors (Lipinski definition) is 1. The molecule has 0 spiro atoms. The summed E-state index contributed by atoms with van der Waals surface area (Å²) < 4.78 is 19.3. The number of hydrogen-bond acceptors (Lipinski definition) is 3. The Morgan fingerprint density at radius 3 is 2.48 bits per heavy atom. The maximum Gasteiger partial charge on any atom is 0.264 e. The van der Waals surface area contributed by atoms with E-state index in [1.54, 1.807) is 12.1 Å². The summed E-state index contributed by atoms with van der Waals surface area (Å²) in [6, 6.07) is 20.7. The molecule has 0 saturated carbocycles. The first-order valence-corrected chi connectivity index (χ1v) is 11.2. The molecule has 3 aromatic carbocycles. The first-order valence-electron chi connectivity index (χ1n) is 11.2. The van der Waals surface area contributed by atoms with Gasteiger partial charge in [-0.2, -0.15) is 0 Å². The SMILES string of the molecule is CC[C@H](c1ccccc1)N1Cc2cc(NC(=O)c3ccc(F)cc3)ccc2O[C@H](CC)C1=O. The van der Waals surface area contributed by atoms with Crippen LogP contribution in [0.4, 0.5) is 10.1 Å². The number of carbonyl (C=O) groups is 2. The van der Waals surface area contributed by atoms with Gasteiger partial charge >= 0.3 is 0 Å². The van der Waals surface area contributed by atoms with Gasteiger partial charge in [0.2, 0.25) is 0 Å². The fourth-order valence-corrected chi connectivity index (χ4v) is 4.18. The minimum Gasteiger partial charge on any atom is -0.480 e. The average Bonchev–Trinajstić information content (AvgIpc) is 2.97. The molecule has 0 fully saturated rings. The fourth-order valence-electron chi connectivity index (χ4n) is 4.18. The number of halogens is 1. The zero-order valence-electron chi connectivity index (χ0n) is 18.8. The largest absolute Gasteiger partial charge is 0.480 e. The molecular weight excluding hydrogens is 419 g/mol. The lowest BCUT2D eigenvalue weighted by Crippen LogP contribution is -2.41. The highest BCUT2D eigenvalue weighted by atomic mass is 19.1. The molecule has 1 aliphatic rings. The van der Waals surface area contributed by atoms with Crippen molar-refractivity contribution >= 4 is 17.5 Å². The van der Waals surface area contributed by atoms with Crippen LogP contribution < -0.4 is 10.1 Å². The van der Waals surface area contributed by atoms with E-state index in [-0.39, 0.29) is 17.9 Å². The van der Waals surface area contributed by atoms with Crippen LogP contribution in [0.25, 0.3) is 0 Å². The molecule has 33 heavy (non-hydrogen) atoms. The van der Waals surface area contributed by atoms with E-state index in [0.29, 0.717) is 30.0 Å². The number of fused-ring (bicyclic) bond motifs is 1. The predicted octanol–water partition coefficient (Wildman–Crippen LogP) is 5.73. The minimum absolute atomic E-state index is 0.0405. The Morgan fingerprint density at radius 2 is 1.82 bits per heavy atom. The van der Waals surface area contributed by atoms with Crippen LogP contribution in [0.2, 0.25) is 0 Å². The first-order chi connectivity index (χ1) is 16.0. The van der Waals surface area contributed by atoms with Gasteiger partial charge in [-0.05, 0) is 60.9 Å². The van der Waals surface area contributed by atoms with Crippen LogP contribution >= 0.6 is 0 Å². The first kappa shape index (κ1) is 22.5. The van der Waals surface area contributed by atoms with Gasteiger partial charge in [0.1, 0.15) is 11.6 Å². The Bertz CT molecular complexity index is 1130. The van der Waals surface area contributed by atoms with Crippen LogP contribution in [0, 0.1) is 5.82 Å². The fraction of sp³-hybridized carbons (Fsp3) is 0.259. The van der Waals surface area contributed by atoms with E-state index in [9.17, 15) is 14.0 Å². The summed E-state index contributed by atoms with van der Waals surface area (Å²) in [5.41, 5.74) is 2.85. The van der Waals surface area contributed by atoms with E-state index in [0.717, 1.165) is 17.5 Å². The summed E-state index contributed by atoms with van der Waals surface area (Å²) in [6.07, 6.45) is 0.759. The van der Waals surface area contributed by atoms with Gasteiger partial charge in [-0.3, -0.25) is 9.59 Å². The monoisotopic (exact) mass is 446 g/mol. The molecule has 2 atom stereocenters. The molecule has 0 saturated heterocycles. The van der Waals surface area contributed by atoms with Gasteiger partial charge in [0.15, 0.2) is 6.10 Å². The van der Waals surface area contributed by atoms with Gasteiger partial charge in [0, 0.05) is 16.8 Å². The summed E-state index contributed by atoms with van der Waals surface area (Å²) in [5.74, 6) is -0.130. The normalized spacial score (nSPS) is 16.4. The molecule has 0 bridgehead atoms. The third-order valence-corrected chi connectivity index (χ3v) is 5.91. The lowest BCUT2D eigenvalue weighted by Gasteiger charge is -2.32. The van der Waals surface area contributed by atoms with Gasteiger partial charge in [-0.15, -0.1) is 0 Å². The summed E-state index contributed by atoms with van der Waals surface area (Å²) in [6.45, 7) is 4.38. The Balaban J connectivity index is 1.64. The smallest absolute Gasteiger partial charge is 0.264 e. The molecule has 0 unspecified atom stereocenters. The molecular formula is C27H27FN2O3. The van der Waals surface area contributed by atoms with E-state index in [4.69, 9.17) is 4.74 Å². The zero-order chi connectivity index (χ0) is 23.4. The van der Waals surface area contributed by atoms with E-state index in [1.165, 1.54) is 24.3 Å². The highest BCUT2D eigenvalue weighted by Gasteiger charge is 2.34. The van der Waals surface area contributed by atoms with Crippen LogP contribution in [-0.2, 0) is 11.3 Å². The predicted molar refractivity (Wildman–Crippen MR) is 126 cm³/mol. The summed E-state index contributed by atoms with van der Waals surface area (Å²) in [4.78, 5) is 27.9. The van der Waals surface area contributed by atoms with Crippen molar-refractivity contribution in [2.45, 2.75) is 45.4 Å². The second-order valence-electron chi connectivity index (χ2n) is 8.10. The van der Waals surface area contributed by atoms with E-state index in [1.807, 2.05) is 48.2 Å². The van der Waals surface area contributed by atoms with Crippen molar-refractivity contribution in [1.82, 2.24) is 4.90 Å². The maximum atomic E-state index is 13.4. The summed E-state index contributed by atoms with van der Waals surface area (Å²) >= 11 is 0. The lowest BCUT2D eigenvalue weighted by atomic mass is 10.0. The van der Waals surface area contributed by atoms with Crippen LogP contribution in [0.15, 0.2) is 72.8 Å². The molecule has 0 aliphatic carbocycles. The molecule has 0 aromatic heterocycles. The molecule has 5 nitrogen and oxygen atoms in total. The minimum atomic E-state index is -0.566. The molecule has 1 N–H and O–H groups in total.